The summed E-state index contributed by atoms with van der Waals surface area (Å²) in [4.78, 5) is 41.0. The summed E-state index contributed by atoms with van der Waals surface area (Å²) in [5.74, 6) is -0.503. The van der Waals surface area contributed by atoms with Gasteiger partial charge in [-0.2, -0.15) is 0 Å². The number of hydrogen-bond donors (Lipinski definition) is 1. The van der Waals surface area contributed by atoms with Crippen molar-refractivity contribution in [2.45, 2.75) is 20.3 Å². The maximum Gasteiger partial charge on any atom is 0.335 e. The number of imide groups is 2. The van der Waals surface area contributed by atoms with Crippen molar-refractivity contribution in [3.63, 3.8) is 0 Å². The van der Waals surface area contributed by atoms with E-state index in [1.807, 2.05) is 45.0 Å². The molecule has 1 fully saturated rings. The Morgan fingerprint density at radius 2 is 1.69 bits per heavy atom. The fraction of sp³-hybridized carbons (Fsp3) is 0.292. The van der Waals surface area contributed by atoms with Crippen molar-refractivity contribution in [1.82, 2.24) is 5.32 Å². The molecule has 1 N–H and O–H groups in total. The van der Waals surface area contributed by atoms with Gasteiger partial charge in [-0.25, -0.2) is 9.69 Å². The zero-order valence-corrected chi connectivity index (χ0v) is 18.7. The number of nitrogens with one attached hydrogen (secondary N) is 1. The normalized spacial score (nSPS) is 15.1. The predicted octanol–water partition coefficient (Wildman–Crippen LogP) is 3.61. The molecule has 0 spiro atoms. The third-order valence-corrected chi connectivity index (χ3v) is 4.77. The molecule has 1 aliphatic rings. The van der Waals surface area contributed by atoms with Gasteiger partial charge in [0.25, 0.3) is 11.8 Å². The highest BCUT2D eigenvalue weighted by atomic mass is 16.5. The van der Waals surface area contributed by atoms with Crippen LogP contribution in [0.3, 0.4) is 0 Å². The van der Waals surface area contributed by atoms with Crippen LogP contribution in [0.1, 0.15) is 25.8 Å². The predicted molar refractivity (Wildman–Crippen MR) is 123 cm³/mol. The Kier molecular flexibility index (Phi) is 7.14. The van der Waals surface area contributed by atoms with Gasteiger partial charge >= 0.3 is 6.03 Å². The molecule has 0 radical (unpaired) electrons. The molecule has 3 rings (SSSR count). The van der Waals surface area contributed by atoms with Crippen LogP contribution in [0.2, 0.25) is 0 Å². The summed E-state index contributed by atoms with van der Waals surface area (Å²) in [5.41, 5.74) is 1.80. The monoisotopic (exact) mass is 437 g/mol. The molecule has 2 aromatic carbocycles. The summed E-state index contributed by atoms with van der Waals surface area (Å²) in [6.07, 6.45) is 2.30. The summed E-state index contributed by atoms with van der Waals surface area (Å²) < 4.78 is 11.3. The van der Waals surface area contributed by atoms with Crippen LogP contribution in [0.4, 0.5) is 16.2 Å². The lowest BCUT2D eigenvalue weighted by Crippen LogP contribution is -2.54. The molecule has 2 aromatic rings. The van der Waals surface area contributed by atoms with Crippen LogP contribution in [-0.2, 0) is 9.59 Å². The molecule has 32 heavy (non-hydrogen) atoms. The highest BCUT2D eigenvalue weighted by molar-refractivity contribution is 6.39. The lowest BCUT2D eigenvalue weighted by atomic mass is 10.1. The smallest absolute Gasteiger partial charge is 0.335 e. The molecule has 0 bridgehead atoms. The first-order chi connectivity index (χ1) is 15.3. The second kappa shape index (κ2) is 10.00. The number of carbonyl (C=O) groups excluding carboxylic acids is 3. The van der Waals surface area contributed by atoms with Gasteiger partial charge in [0, 0.05) is 25.8 Å². The molecule has 4 amide bonds. The molecule has 1 heterocycles. The minimum atomic E-state index is -0.815. The molecule has 1 saturated heterocycles. The Balaban J connectivity index is 1.94. The van der Waals surface area contributed by atoms with E-state index in [4.69, 9.17) is 9.47 Å². The second-order valence-electron chi connectivity index (χ2n) is 7.36. The van der Waals surface area contributed by atoms with Crippen molar-refractivity contribution in [1.29, 1.82) is 0 Å². The molecular weight excluding hydrogens is 410 g/mol. The summed E-state index contributed by atoms with van der Waals surface area (Å²) >= 11 is 0. The van der Waals surface area contributed by atoms with Crippen LogP contribution in [0.25, 0.3) is 6.08 Å². The summed E-state index contributed by atoms with van der Waals surface area (Å²) in [7, 11) is 3.84. The van der Waals surface area contributed by atoms with E-state index in [1.54, 1.807) is 30.3 Å². The van der Waals surface area contributed by atoms with Crippen molar-refractivity contribution >= 4 is 35.3 Å². The highest BCUT2D eigenvalue weighted by Gasteiger charge is 2.37. The minimum absolute atomic E-state index is 0.133. The van der Waals surface area contributed by atoms with E-state index in [-0.39, 0.29) is 11.3 Å². The van der Waals surface area contributed by atoms with Crippen molar-refractivity contribution < 1.29 is 23.9 Å². The number of amides is 4. The number of carbonyl (C=O) groups is 3. The van der Waals surface area contributed by atoms with Gasteiger partial charge in [0.2, 0.25) is 0 Å². The number of hydrogen-bond acceptors (Lipinski definition) is 6. The van der Waals surface area contributed by atoms with Gasteiger partial charge in [-0.3, -0.25) is 14.9 Å². The van der Waals surface area contributed by atoms with Gasteiger partial charge < -0.3 is 14.4 Å². The van der Waals surface area contributed by atoms with E-state index in [0.29, 0.717) is 30.3 Å². The summed E-state index contributed by atoms with van der Waals surface area (Å²) in [6.45, 7) is 4.72. The Bertz CT molecular complexity index is 1040. The number of benzene rings is 2. The number of urea groups is 1. The second-order valence-corrected chi connectivity index (χ2v) is 7.36. The van der Waals surface area contributed by atoms with Crippen LogP contribution in [0.15, 0.2) is 48.0 Å². The van der Waals surface area contributed by atoms with Gasteiger partial charge in [-0.1, -0.05) is 19.1 Å². The zero-order chi connectivity index (χ0) is 23.3. The lowest BCUT2D eigenvalue weighted by molar-refractivity contribution is -0.122. The number of rotatable bonds is 8. The highest BCUT2D eigenvalue weighted by Crippen LogP contribution is 2.33. The first-order valence-electron chi connectivity index (χ1n) is 10.4. The molecule has 8 nitrogen and oxygen atoms in total. The molecule has 1 aliphatic heterocycles. The molecular formula is C24H27N3O5. The Labute approximate surface area is 187 Å². The summed E-state index contributed by atoms with van der Waals surface area (Å²) in [5, 5.41) is 2.24. The molecule has 8 heteroatoms. The number of anilines is 2. The maximum atomic E-state index is 13.1. The number of nitrogens with zero attached hydrogens (tertiary/aromatic N) is 2. The molecule has 0 saturated carbocycles. The van der Waals surface area contributed by atoms with Gasteiger partial charge in [0.1, 0.15) is 5.57 Å². The SMILES string of the molecule is CCCOc1ccc(N2C(=O)NC(=O)/C(=C\c3ccc(N(C)C)cc3)C2=O)cc1OCC. The topological polar surface area (TPSA) is 88.2 Å². The lowest BCUT2D eigenvalue weighted by Gasteiger charge is -2.27. The molecule has 0 aliphatic carbocycles. The fourth-order valence-electron chi connectivity index (χ4n) is 3.16. The van der Waals surface area contributed by atoms with Crippen LogP contribution >= 0.6 is 0 Å². The van der Waals surface area contributed by atoms with Gasteiger partial charge in [0.05, 0.1) is 18.9 Å². The van der Waals surface area contributed by atoms with Crippen molar-refractivity contribution in [3.05, 3.63) is 53.6 Å². The van der Waals surface area contributed by atoms with E-state index >= 15 is 0 Å². The summed E-state index contributed by atoms with van der Waals surface area (Å²) in [6, 6.07) is 11.3. The van der Waals surface area contributed by atoms with Crippen molar-refractivity contribution in [2.24, 2.45) is 0 Å². The van der Waals surface area contributed by atoms with Gasteiger partial charge in [-0.05, 0) is 49.2 Å². The van der Waals surface area contributed by atoms with E-state index in [1.165, 1.54) is 6.08 Å². The van der Waals surface area contributed by atoms with E-state index in [2.05, 4.69) is 5.32 Å². The third-order valence-electron chi connectivity index (χ3n) is 4.77. The molecule has 0 atom stereocenters. The van der Waals surface area contributed by atoms with Gasteiger partial charge in [0.15, 0.2) is 11.5 Å². The van der Waals surface area contributed by atoms with Crippen LogP contribution < -0.4 is 24.6 Å². The minimum Gasteiger partial charge on any atom is -0.490 e. The maximum absolute atomic E-state index is 13.1. The van der Waals surface area contributed by atoms with E-state index in [0.717, 1.165) is 17.0 Å². The average Bonchev–Trinajstić information content (AvgIpc) is 2.76. The van der Waals surface area contributed by atoms with Crippen molar-refractivity contribution in [2.75, 3.05) is 37.1 Å². The average molecular weight is 437 g/mol. The van der Waals surface area contributed by atoms with E-state index in [9.17, 15) is 14.4 Å². The molecule has 0 unspecified atom stereocenters. The number of barbiturate groups is 1. The Morgan fingerprint density at radius 1 is 0.969 bits per heavy atom. The standard InChI is InChI=1S/C24H27N3O5/c1-5-13-32-20-12-11-18(15-21(20)31-6-2)27-23(29)19(22(28)25-24(27)30)14-16-7-9-17(10-8-16)26(3)4/h7-12,14-15H,5-6,13H2,1-4H3,(H,25,28,30)/b19-14+. The van der Waals surface area contributed by atoms with E-state index < -0.39 is 17.8 Å². The number of ether oxygens (including phenoxy) is 2. The fourth-order valence-corrected chi connectivity index (χ4v) is 3.16. The molecule has 0 aromatic heterocycles. The third kappa shape index (κ3) is 4.91. The van der Waals surface area contributed by atoms with Crippen molar-refractivity contribution in [3.8, 4) is 11.5 Å². The van der Waals surface area contributed by atoms with Crippen LogP contribution in [0.5, 0.6) is 11.5 Å². The Morgan fingerprint density at radius 3 is 2.31 bits per heavy atom. The molecule has 168 valence electrons. The Hall–Kier alpha value is -3.81. The first-order valence-corrected chi connectivity index (χ1v) is 10.4. The zero-order valence-electron chi connectivity index (χ0n) is 18.7. The van der Waals surface area contributed by atoms with Crippen LogP contribution in [-0.4, -0.2) is 45.2 Å². The van der Waals surface area contributed by atoms with Gasteiger partial charge in [-0.15, -0.1) is 0 Å². The van der Waals surface area contributed by atoms with Crippen LogP contribution in [0, 0.1) is 0 Å². The first kappa shape index (κ1) is 22.9. The quantitative estimate of drug-likeness (QED) is 0.501. The largest absolute Gasteiger partial charge is 0.490 e.